The van der Waals surface area contributed by atoms with Crippen molar-refractivity contribution >= 4 is 11.9 Å². The fraction of sp³-hybridized carbons (Fsp3) is 0.900. The van der Waals surface area contributed by atoms with Crippen molar-refractivity contribution in [2.45, 2.75) is 63.8 Å². The van der Waals surface area contributed by atoms with Gasteiger partial charge in [0.15, 0.2) is 0 Å². The molecule has 140 valence electrons. The molecule has 1 amide bonds. The third-order valence-corrected chi connectivity index (χ3v) is 7.52. The Morgan fingerprint density at radius 3 is 2.04 bits per heavy atom. The molecule has 1 saturated heterocycles. The molecule has 0 aromatic carbocycles. The smallest absolute Gasteiger partial charge is 0.317 e. The zero-order valence-electron chi connectivity index (χ0n) is 15.5. The van der Waals surface area contributed by atoms with Crippen LogP contribution in [0.2, 0.25) is 0 Å². The van der Waals surface area contributed by atoms with Crippen molar-refractivity contribution < 1.29 is 14.7 Å². The van der Waals surface area contributed by atoms with E-state index in [1.807, 2.05) is 11.9 Å². The summed E-state index contributed by atoms with van der Waals surface area (Å²) in [5, 5.41) is 8.94. The van der Waals surface area contributed by atoms with Gasteiger partial charge in [-0.15, -0.1) is 0 Å². The van der Waals surface area contributed by atoms with Crippen LogP contribution in [-0.4, -0.2) is 59.5 Å². The van der Waals surface area contributed by atoms with E-state index < -0.39 is 5.97 Å². The number of likely N-dealkylation sites (tertiary alicyclic amines) is 1. The van der Waals surface area contributed by atoms with Crippen LogP contribution in [0.3, 0.4) is 0 Å². The van der Waals surface area contributed by atoms with Gasteiger partial charge in [0.1, 0.15) is 0 Å². The van der Waals surface area contributed by atoms with Crippen molar-refractivity contribution in [3.63, 3.8) is 0 Å². The molecule has 25 heavy (non-hydrogen) atoms. The van der Waals surface area contributed by atoms with E-state index in [2.05, 4.69) is 4.90 Å². The molecule has 0 aromatic heterocycles. The maximum Gasteiger partial charge on any atom is 0.317 e. The first kappa shape index (κ1) is 17.3. The first-order chi connectivity index (χ1) is 11.9. The summed E-state index contributed by atoms with van der Waals surface area (Å²) in [6.45, 7) is 1.67. The molecule has 0 radical (unpaired) electrons. The number of hydrogen-bond acceptors (Lipinski definition) is 3. The first-order valence-electron chi connectivity index (χ1n) is 10.1. The van der Waals surface area contributed by atoms with Gasteiger partial charge in [-0.25, -0.2) is 0 Å². The average molecular weight is 348 g/mol. The lowest BCUT2D eigenvalue weighted by molar-refractivity contribution is -0.143. The summed E-state index contributed by atoms with van der Waals surface area (Å²) in [5.41, 5.74) is 0.322. The number of amides is 1. The molecule has 5 fully saturated rings. The maximum atomic E-state index is 13.0. The monoisotopic (exact) mass is 348 g/mol. The molecule has 5 aliphatic rings. The summed E-state index contributed by atoms with van der Waals surface area (Å²) in [7, 11) is 1.88. The molecule has 4 aliphatic carbocycles. The van der Waals surface area contributed by atoms with Crippen molar-refractivity contribution in [3.05, 3.63) is 0 Å². The van der Waals surface area contributed by atoms with Crippen molar-refractivity contribution in [3.8, 4) is 0 Å². The predicted octanol–water partition coefficient (Wildman–Crippen LogP) is 2.60. The number of rotatable bonds is 5. The van der Waals surface area contributed by atoms with Gasteiger partial charge in [0.05, 0.1) is 6.54 Å². The van der Waals surface area contributed by atoms with Crippen molar-refractivity contribution in [2.24, 2.45) is 23.2 Å². The second-order valence-corrected chi connectivity index (χ2v) is 9.52. The van der Waals surface area contributed by atoms with Crippen LogP contribution in [0.4, 0.5) is 0 Å². The van der Waals surface area contributed by atoms with Crippen LogP contribution in [0.15, 0.2) is 0 Å². The number of carboxylic acids is 1. The summed E-state index contributed by atoms with van der Waals surface area (Å²) in [4.78, 5) is 27.8. The predicted molar refractivity (Wildman–Crippen MR) is 95.1 cm³/mol. The zero-order valence-corrected chi connectivity index (χ0v) is 15.5. The van der Waals surface area contributed by atoms with Gasteiger partial charge in [0.25, 0.3) is 0 Å². The second kappa shape index (κ2) is 6.57. The van der Waals surface area contributed by atoms with Crippen molar-refractivity contribution in [1.29, 1.82) is 0 Å². The molecule has 1 heterocycles. The van der Waals surface area contributed by atoms with Gasteiger partial charge in [-0.05, 0) is 81.6 Å². The SMILES string of the molecule is CN(CC(=O)O)C1CCN(C(=O)CC23CC4CC(CC(C4)C2)C3)CC1. The molecule has 5 nitrogen and oxygen atoms in total. The Bertz CT molecular complexity index is 504. The number of carboxylic acid groups (broad SMARTS) is 1. The molecule has 0 atom stereocenters. The Morgan fingerprint density at radius 1 is 1.04 bits per heavy atom. The van der Waals surface area contributed by atoms with Crippen LogP contribution in [0.5, 0.6) is 0 Å². The van der Waals surface area contributed by atoms with Gasteiger partial charge < -0.3 is 10.0 Å². The molecule has 5 heteroatoms. The van der Waals surface area contributed by atoms with Gasteiger partial charge in [-0.1, -0.05) is 0 Å². The minimum atomic E-state index is -0.775. The van der Waals surface area contributed by atoms with E-state index in [-0.39, 0.29) is 6.54 Å². The highest BCUT2D eigenvalue weighted by molar-refractivity contribution is 5.77. The number of carbonyl (C=O) groups excluding carboxylic acids is 1. The number of likely N-dealkylation sites (N-methyl/N-ethyl adjacent to an activating group) is 1. The normalized spacial score (nSPS) is 37.7. The van der Waals surface area contributed by atoms with Crippen molar-refractivity contribution in [1.82, 2.24) is 9.80 Å². The van der Waals surface area contributed by atoms with Gasteiger partial charge in [-0.2, -0.15) is 0 Å². The van der Waals surface area contributed by atoms with E-state index in [9.17, 15) is 9.59 Å². The number of nitrogens with zero attached hydrogens (tertiary/aromatic N) is 2. The van der Waals surface area contributed by atoms with Crippen LogP contribution in [-0.2, 0) is 9.59 Å². The van der Waals surface area contributed by atoms with Gasteiger partial charge in [0.2, 0.25) is 5.91 Å². The summed E-state index contributed by atoms with van der Waals surface area (Å²) < 4.78 is 0. The fourth-order valence-electron chi connectivity index (χ4n) is 6.84. The number of aliphatic carboxylic acids is 1. The zero-order chi connectivity index (χ0) is 17.6. The third-order valence-electron chi connectivity index (χ3n) is 7.52. The summed E-state index contributed by atoms with van der Waals surface area (Å²) in [6, 6.07) is 0.291. The van der Waals surface area contributed by atoms with Gasteiger partial charge in [-0.3, -0.25) is 14.5 Å². The van der Waals surface area contributed by atoms with Gasteiger partial charge >= 0.3 is 5.97 Å². The molecular weight excluding hydrogens is 316 g/mol. The Hall–Kier alpha value is -1.10. The quantitative estimate of drug-likeness (QED) is 0.830. The van der Waals surface area contributed by atoms with E-state index in [0.717, 1.165) is 50.1 Å². The molecule has 1 N–H and O–H groups in total. The number of carbonyl (C=O) groups is 2. The minimum absolute atomic E-state index is 0.0892. The molecule has 0 spiro atoms. The molecular formula is C20H32N2O3. The van der Waals surface area contributed by atoms with Crippen molar-refractivity contribution in [2.75, 3.05) is 26.7 Å². The van der Waals surface area contributed by atoms with E-state index in [1.54, 1.807) is 0 Å². The second-order valence-electron chi connectivity index (χ2n) is 9.52. The van der Waals surface area contributed by atoms with Crippen LogP contribution in [0.25, 0.3) is 0 Å². The standard InChI is InChI=1S/C20H32N2O3/c1-21(13-19(24)25)17-2-4-22(5-3-17)18(23)12-20-9-14-6-15(10-20)8-16(7-14)11-20/h14-17H,2-13H2,1H3,(H,24,25). The molecule has 1 aliphatic heterocycles. The van der Waals surface area contributed by atoms with Crippen LogP contribution >= 0.6 is 0 Å². The van der Waals surface area contributed by atoms with E-state index >= 15 is 0 Å². The highest BCUT2D eigenvalue weighted by atomic mass is 16.4. The first-order valence-corrected chi connectivity index (χ1v) is 10.1. The molecule has 0 unspecified atom stereocenters. The lowest BCUT2D eigenvalue weighted by atomic mass is 9.49. The summed E-state index contributed by atoms with van der Waals surface area (Å²) >= 11 is 0. The van der Waals surface area contributed by atoms with Gasteiger partial charge in [0, 0.05) is 25.6 Å². The lowest BCUT2D eigenvalue weighted by Crippen LogP contribution is -2.50. The largest absolute Gasteiger partial charge is 0.480 e. The topological polar surface area (TPSA) is 60.9 Å². The van der Waals surface area contributed by atoms with Crippen LogP contribution in [0, 0.1) is 23.2 Å². The third kappa shape index (κ3) is 3.57. The Kier molecular flexibility index (Phi) is 4.55. The average Bonchev–Trinajstić information content (AvgIpc) is 2.52. The number of hydrogen-bond donors (Lipinski definition) is 1. The van der Waals surface area contributed by atoms with Crippen LogP contribution in [0.1, 0.15) is 57.8 Å². The minimum Gasteiger partial charge on any atom is -0.480 e. The lowest BCUT2D eigenvalue weighted by Gasteiger charge is -2.57. The highest BCUT2D eigenvalue weighted by Gasteiger charge is 2.51. The molecule has 5 rings (SSSR count). The van der Waals surface area contributed by atoms with E-state index in [0.29, 0.717) is 17.4 Å². The van der Waals surface area contributed by atoms with E-state index in [4.69, 9.17) is 5.11 Å². The van der Waals surface area contributed by atoms with Crippen LogP contribution < -0.4 is 0 Å². The fourth-order valence-corrected chi connectivity index (χ4v) is 6.84. The van der Waals surface area contributed by atoms with E-state index in [1.165, 1.54) is 38.5 Å². The highest BCUT2D eigenvalue weighted by Crippen LogP contribution is 2.61. The molecule has 4 bridgehead atoms. The Balaban J connectivity index is 1.30. The Morgan fingerprint density at radius 2 is 1.56 bits per heavy atom. The number of piperidine rings is 1. The summed E-state index contributed by atoms with van der Waals surface area (Å²) in [5.74, 6) is 2.28. The Labute approximate surface area is 150 Å². The molecule has 0 aromatic rings. The maximum absolute atomic E-state index is 13.0. The molecule has 4 saturated carbocycles. The summed E-state index contributed by atoms with van der Waals surface area (Å²) in [6.07, 6.45) is 10.7.